The van der Waals surface area contributed by atoms with Gasteiger partial charge >= 0.3 is 0 Å². The quantitative estimate of drug-likeness (QED) is 0.759. The van der Waals surface area contributed by atoms with Crippen LogP contribution >= 0.6 is 0 Å². The van der Waals surface area contributed by atoms with Crippen molar-refractivity contribution in [1.82, 2.24) is 4.90 Å². The average Bonchev–Trinajstić information content (AvgIpc) is 2.64. The highest BCUT2D eigenvalue weighted by Crippen LogP contribution is 2.28. The molecule has 0 heterocycles. The fourth-order valence-electron chi connectivity index (χ4n) is 2.03. The van der Waals surface area contributed by atoms with Crippen LogP contribution in [-0.2, 0) is 6.42 Å². The fraction of sp³-hybridized carbons (Fsp3) is 0.462. The molecule has 0 saturated carbocycles. The maximum Gasteiger partial charge on any atom is 0.166 e. The van der Waals surface area contributed by atoms with Gasteiger partial charge in [-0.2, -0.15) is 0 Å². The van der Waals surface area contributed by atoms with Crippen LogP contribution in [0.4, 0.5) is 0 Å². The van der Waals surface area contributed by atoms with E-state index >= 15 is 0 Å². The van der Waals surface area contributed by atoms with Crippen LogP contribution in [0.15, 0.2) is 24.3 Å². The molecule has 0 fully saturated rings. The molecular weight excluding hydrogens is 186 g/mol. The van der Waals surface area contributed by atoms with E-state index in [0.717, 1.165) is 5.56 Å². The van der Waals surface area contributed by atoms with Gasteiger partial charge in [-0.1, -0.05) is 24.3 Å². The number of rotatable bonds is 3. The Labute approximate surface area is 99.3 Å². The summed E-state index contributed by atoms with van der Waals surface area (Å²) in [5.41, 5.74) is 1.61. The zero-order valence-corrected chi connectivity index (χ0v) is 8.36. The molecule has 2 nitrogen and oxygen atoms in total. The van der Waals surface area contributed by atoms with Crippen LogP contribution < -0.4 is 0 Å². The van der Waals surface area contributed by atoms with Crippen molar-refractivity contribution in [2.45, 2.75) is 12.8 Å². The summed E-state index contributed by atoms with van der Waals surface area (Å²) in [7, 11) is 0. The lowest BCUT2D eigenvalue weighted by Crippen LogP contribution is -2.19. The van der Waals surface area contributed by atoms with Gasteiger partial charge in [0.2, 0.25) is 0 Å². The SMILES string of the molecule is [2H]C([2H])([2H])N(CCC1Cc2ccccc2C1=O)C([2H])([2H])[2H]. The van der Waals surface area contributed by atoms with E-state index in [1.54, 1.807) is 12.1 Å². The molecule has 1 atom stereocenters. The second-order valence-electron chi connectivity index (χ2n) is 3.86. The van der Waals surface area contributed by atoms with Crippen LogP contribution in [0, 0.1) is 5.92 Å². The summed E-state index contributed by atoms with van der Waals surface area (Å²) in [5, 5.41) is 0. The van der Waals surface area contributed by atoms with Crippen LogP contribution in [0.2, 0.25) is 0 Å². The molecule has 0 bridgehead atoms. The summed E-state index contributed by atoms with van der Waals surface area (Å²) in [6, 6.07) is 7.27. The van der Waals surface area contributed by atoms with Crippen molar-refractivity contribution in [3.63, 3.8) is 0 Å². The van der Waals surface area contributed by atoms with Crippen molar-refractivity contribution in [3.8, 4) is 0 Å². The summed E-state index contributed by atoms with van der Waals surface area (Å²) < 4.78 is 43.9. The monoisotopic (exact) mass is 209 g/mol. The molecule has 1 aliphatic rings. The van der Waals surface area contributed by atoms with Crippen molar-refractivity contribution in [3.05, 3.63) is 35.4 Å². The van der Waals surface area contributed by atoms with E-state index in [4.69, 9.17) is 8.22 Å². The second-order valence-corrected chi connectivity index (χ2v) is 3.86. The number of carbonyl (C=O) groups excluding carboxylic acids is 1. The van der Waals surface area contributed by atoms with E-state index < -0.39 is 14.0 Å². The number of hydrogen-bond acceptors (Lipinski definition) is 2. The largest absolute Gasteiger partial charge is 0.309 e. The third-order valence-electron chi connectivity index (χ3n) is 2.82. The first-order valence-corrected chi connectivity index (χ1v) is 5.00. The summed E-state index contributed by atoms with van der Waals surface area (Å²) in [6.45, 7) is -5.54. The molecule has 1 aromatic rings. The molecule has 0 spiro atoms. The van der Waals surface area contributed by atoms with Crippen LogP contribution in [0.25, 0.3) is 0 Å². The van der Waals surface area contributed by atoms with E-state index in [2.05, 4.69) is 0 Å². The molecule has 0 aromatic heterocycles. The van der Waals surface area contributed by atoms with Gasteiger partial charge < -0.3 is 4.90 Å². The Hall–Kier alpha value is -1.15. The van der Waals surface area contributed by atoms with E-state index in [-0.39, 0.29) is 24.7 Å². The molecule has 0 amide bonds. The molecule has 15 heavy (non-hydrogen) atoms. The highest BCUT2D eigenvalue weighted by atomic mass is 16.1. The van der Waals surface area contributed by atoms with Gasteiger partial charge in [-0.3, -0.25) is 4.79 Å². The first-order valence-electron chi connectivity index (χ1n) is 8.00. The van der Waals surface area contributed by atoms with Gasteiger partial charge in [0.25, 0.3) is 0 Å². The summed E-state index contributed by atoms with van der Waals surface area (Å²) in [5.74, 6) is -0.365. The summed E-state index contributed by atoms with van der Waals surface area (Å²) in [4.78, 5) is 12.7. The molecular formula is C13H17NO. The number of hydrogen-bond donors (Lipinski definition) is 0. The standard InChI is InChI=1S/C13H17NO/c1-14(2)8-7-11-9-10-5-3-4-6-12(10)13(11)15/h3-6,11H,7-9H2,1-2H3/i1D3,2D3. The van der Waals surface area contributed by atoms with E-state index in [0.29, 0.717) is 16.9 Å². The molecule has 0 radical (unpaired) electrons. The molecule has 1 aromatic carbocycles. The third kappa shape index (κ3) is 2.10. The van der Waals surface area contributed by atoms with Crippen molar-refractivity contribution in [1.29, 1.82) is 0 Å². The maximum atomic E-state index is 12.2. The lowest BCUT2D eigenvalue weighted by molar-refractivity contribution is 0.0925. The molecule has 2 rings (SSSR count). The van der Waals surface area contributed by atoms with Gasteiger partial charge in [-0.25, -0.2) is 0 Å². The van der Waals surface area contributed by atoms with Crippen LogP contribution in [0.5, 0.6) is 0 Å². The Morgan fingerprint density at radius 3 is 3.00 bits per heavy atom. The molecule has 1 aliphatic carbocycles. The minimum Gasteiger partial charge on any atom is -0.309 e. The van der Waals surface area contributed by atoms with Gasteiger partial charge in [0.05, 0.1) is 0 Å². The second kappa shape index (κ2) is 4.15. The Bertz CT molecular complexity index is 522. The van der Waals surface area contributed by atoms with Crippen molar-refractivity contribution >= 4 is 5.78 Å². The predicted molar refractivity (Wildman–Crippen MR) is 61.1 cm³/mol. The first-order chi connectivity index (χ1) is 9.60. The predicted octanol–water partition coefficient (Wildman–Crippen LogP) is 1.99. The van der Waals surface area contributed by atoms with Gasteiger partial charge in [0.1, 0.15) is 0 Å². The Kier molecular flexibility index (Phi) is 1.46. The summed E-state index contributed by atoms with van der Waals surface area (Å²) in [6.07, 6.45) is 0.773. The minimum absolute atomic E-state index is 0.0263. The zero-order valence-electron chi connectivity index (χ0n) is 14.4. The highest BCUT2D eigenvalue weighted by Gasteiger charge is 2.29. The van der Waals surface area contributed by atoms with Crippen LogP contribution in [0.3, 0.4) is 0 Å². The van der Waals surface area contributed by atoms with Crippen molar-refractivity contribution < 1.29 is 13.0 Å². The maximum absolute atomic E-state index is 12.2. The van der Waals surface area contributed by atoms with Gasteiger partial charge in [-0.05, 0) is 38.9 Å². The summed E-state index contributed by atoms with van der Waals surface area (Å²) >= 11 is 0. The number of nitrogens with zero attached hydrogens (tertiary/aromatic N) is 1. The molecule has 1 unspecified atom stereocenters. The molecule has 0 aliphatic heterocycles. The van der Waals surface area contributed by atoms with Crippen molar-refractivity contribution in [2.24, 2.45) is 5.92 Å². The van der Waals surface area contributed by atoms with Gasteiger partial charge in [-0.15, -0.1) is 0 Å². The Morgan fingerprint density at radius 2 is 2.27 bits per heavy atom. The molecule has 0 saturated heterocycles. The lowest BCUT2D eigenvalue weighted by atomic mass is 10.0. The van der Waals surface area contributed by atoms with E-state index in [9.17, 15) is 4.79 Å². The minimum atomic E-state index is -2.69. The van der Waals surface area contributed by atoms with Gasteiger partial charge in [0.15, 0.2) is 5.78 Å². The van der Waals surface area contributed by atoms with E-state index in [1.807, 2.05) is 12.1 Å². The lowest BCUT2D eigenvalue weighted by Gasteiger charge is -2.12. The number of benzene rings is 1. The Balaban J connectivity index is 2.06. The molecule has 80 valence electrons. The normalized spacial score (nSPS) is 27.3. The number of fused-ring (bicyclic) bond motifs is 1. The first kappa shape index (κ1) is 5.26. The molecule has 2 heteroatoms. The van der Waals surface area contributed by atoms with Crippen LogP contribution in [-0.4, -0.2) is 31.2 Å². The fourth-order valence-corrected chi connectivity index (χ4v) is 2.03. The number of carbonyl (C=O) groups is 1. The van der Waals surface area contributed by atoms with Crippen molar-refractivity contribution in [2.75, 3.05) is 20.5 Å². The highest BCUT2D eigenvalue weighted by molar-refractivity contribution is 6.02. The zero-order chi connectivity index (χ0) is 15.8. The Morgan fingerprint density at radius 1 is 1.47 bits per heavy atom. The topological polar surface area (TPSA) is 20.3 Å². The smallest absolute Gasteiger partial charge is 0.166 e. The number of ketones is 1. The van der Waals surface area contributed by atoms with Gasteiger partial charge in [0, 0.05) is 19.7 Å². The third-order valence-corrected chi connectivity index (χ3v) is 2.82. The van der Waals surface area contributed by atoms with Crippen LogP contribution in [0.1, 0.15) is 30.6 Å². The molecule has 0 N–H and O–H groups in total. The number of Topliss-reactive ketones (excluding diaryl/α,β-unsaturated/α-hetero) is 1. The van der Waals surface area contributed by atoms with E-state index in [1.165, 1.54) is 0 Å². The average molecular weight is 209 g/mol.